The zero-order valence-electron chi connectivity index (χ0n) is 16.7. The van der Waals surface area contributed by atoms with Gasteiger partial charge in [-0.05, 0) is 30.3 Å². The Kier molecular flexibility index (Phi) is 6.51. The van der Waals surface area contributed by atoms with Crippen molar-refractivity contribution in [3.63, 3.8) is 0 Å². The summed E-state index contributed by atoms with van der Waals surface area (Å²) in [4.78, 5) is 16.7. The van der Waals surface area contributed by atoms with Crippen molar-refractivity contribution in [2.45, 2.75) is 4.90 Å². The van der Waals surface area contributed by atoms with Gasteiger partial charge in [0.1, 0.15) is 0 Å². The number of hydrogen-bond donors (Lipinski definition) is 3. The summed E-state index contributed by atoms with van der Waals surface area (Å²) in [6.45, 7) is 2.13. The SMILES string of the molecule is O=C(C[NH+]1CCN(S(=O)(=O)c2ccc(Br)cc2)CC1)N/N=C/c1c[nH]c2ccccc12. The Morgan fingerprint density at radius 1 is 1.16 bits per heavy atom. The lowest BCUT2D eigenvalue weighted by Crippen LogP contribution is -3.15. The number of aromatic nitrogens is 1. The number of amides is 1. The van der Waals surface area contributed by atoms with Crippen molar-refractivity contribution >= 4 is 49.0 Å². The number of para-hydroxylation sites is 1. The molecule has 3 N–H and O–H groups in total. The number of sulfonamides is 1. The molecule has 162 valence electrons. The van der Waals surface area contributed by atoms with Crippen LogP contribution in [-0.2, 0) is 14.8 Å². The molecular weight excluding hydrogens is 482 g/mol. The van der Waals surface area contributed by atoms with Crippen molar-refractivity contribution in [2.75, 3.05) is 32.7 Å². The molecule has 4 rings (SSSR count). The summed E-state index contributed by atoms with van der Waals surface area (Å²) in [6.07, 6.45) is 3.46. The summed E-state index contributed by atoms with van der Waals surface area (Å²) in [5.41, 5.74) is 4.47. The number of carbonyl (C=O) groups is 1. The smallest absolute Gasteiger partial charge is 0.295 e. The van der Waals surface area contributed by atoms with Crippen LogP contribution in [0.2, 0.25) is 0 Å². The maximum atomic E-state index is 12.8. The molecule has 0 bridgehead atoms. The Bertz CT molecular complexity index is 1200. The number of benzene rings is 2. The maximum absolute atomic E-state index is 12.8. The van der Waals surface area contributed by atoms with Crippen molar-refractivity contribution in [2.24, 2.45) is 5.10 Å². The van der Waals surface area contributed by atoms with E-state index in [4.69, 9.17) is 0 Å². The van der Waals surface area contributed by atoms with E-state index in [0.29, 0.717) is 26.2 Å². The molecule has 0 unspecified atom stereocenters. The van der Waals surface area contributed by atoms with Crippen LogP contribution in [0.4, 0.5) is 0 Å². The molecule has 1 saturated heterocycles. The van der Waals surface area contributed by atoms with Crippen molar-refractivity contribution in [1.29, 1.82) is 0 Å². The van der Waals surface area contributed by atoms with Gasteiger partial charge in [0.05, 0.1) is 37.3 Å². The Morgan fingerprint density at radius 2 is 1.87 bits per heavy atom. The van der Waals surface area contributed by atoms with Crippen LogP contribution in [0, 0.1) is 0 Å². The normalized spacial score (nSPS) is 16.2. The molecule has 1 fully saturated rings. The number of H-pyrrole nitrogens is 1. The first-order chi connectivity index (χ1) is 14.9. The number of fused-ring (bicyclic) bond motifs is 1. The van der Waals surface area contributed by atoms with Crippen LogP contribution >= 0.6 is 15.9 Å². The summed E-state index contributed by atoms with van der Waals surface area (Å²) >= 11 is 3.32. The van der Waals surface area contributed by atoms with E-state index >= 15 is 0 Å². The quantitative estimate of drug-likeness (QED) is 0.344. The van der Waals surface area contributed by atoms with E-state index in [1.54, 1.807) is 30.5 Å². The Balaban J connectivity index is 1.27. The van der Waals surface area contributed by atoms with Gasteiger partial charge in [0.15, 0.2) is 6.54 Å². The first kappa shape index (κ1) is 21.7. The number of quaternary nitrogens is 1. The van der Waals surface area contributed by atoms with Crippen LogP contribution in [0.25, 0.3) is 10.9 Å². The molecule has 1 aromatic heterocycles. The summed E-state index contributed by atoms with van der Waals surface area (Å²) in [7, 11) is -3.52. The Labute approximate surface area is 189 Å². The fourth-order valence-corrected chi connectivity index (χ4v) is 5.32. The van der Waals surface area contributed by atoms with Crippen LogP contribution in [0.5, 0.6) is 0 Å². The van der Waals surface area contributed by atoms with E-state index in [1.165, 1.54) is 4.31 Å². The van der Waals surface area contributed by atoms with Gasteiger partial charge >= 0.3 is 0 Å². The molecule has 1 aliphatic heterocycles. The number of aromatic amines is 1. The van der Waals surface area contributed by atoms with Crippen LogP contribution in [0.3, 0.4) is 0 Å². The largest absolute Gasteiger partial charge is 0.361 e. The second-order valence-electron chi connectivity index (χ2n) is 7.37. The van der Waals surface area contributed by atoms with Crippen LogP contribution in [-0.4, -0.2) is 62.6 Å². The highest BCUT2D eigenvalue weighted by atomic mass is 79.9. The summed E-state index contributed by atoms with van der Waals surface area (Å²) < 4.78 is 27.9. The van der Waals surface area contributed by atoms with Crippen LogP contribution < -0.4 is 10.3 Å². The molecule has 0 saturated carbocycles. The monoisotopic (exact) mass is 504 g/mol. The number of nitrogens with zero attached hydrogens (tertiary/aromatic N) is 2. The number of hydrazone groups is 1. The summed E-state index contributed by atoms with van der Waals surface area (Å²) in [6, 6.07) is 14.5. The molecule has 31 heavy (non-hydrogen) atoms. The third kappa shape index (κ3) is 5.04. The topological polar surface area (TPSA) is 99.1 Å². The van der Waals surface area contributed by atoms with Crippen molar-refractivity contribution < 1.29 is 18.1 Å². The lowest BCUT2D eigenvalue weighted by atomic mass is 10.2. The molecule has 0 aliphatic carbocycles. The molecule has 0 atom stereocenters. The highest BCUT2D eigenvalue weighted by Crippen LogP contribution is 2.19. The predicted octanol–water partition coefficient (Wildman–Crippen LogP) is 0.970. The lowest BCUT2D eigenvalue weighted by Gasteiger charge is -2.31. The van der Waals surface area contributed by atoms with Gasteiger partial charge in [-0.25, -0.2) is 13.8 Å². The molecular formula is C21H23BrN5O3S+. The number of piperazine rings is 1. The van der Waals surface area contributed by atoms with Gasteiger partial charge in [0.2, 0.25) is 10.0 Å². The average molecular weight is 505 g/mol. The third-order valence-corrected chi connectivity index (χ3v) is 7.75. The van der Waals surface area contributed by atoms with Gasteiger partial charge in [0.25, 0.3) is 5.91 Å². The molecule has 1 aliphatic rings. The minimum atomic E-state index is -3.52. The van der Waals surface area contributed by atoms with Crippen LogP contribution in [0.15, 0.2) is 69.2 Å². The molecule has 3 aromatic rings. The zero-order chi connectivity index (χ0) is 21.8. The Morgan fingerprint density at radius 3 is 2.61 bits per heavy atom. The first-order valence-electron chi connectivity index (χ1n) is 9.91. The van der Waals surface area contributed by atoms with Crippen LogP contribution in [0.1, 0.15) is 5.56 Å². The molecule has 0 radical (unpaired) electrons. The number of hydrogen-bond acceptors (Lipinski definition) is 4. The second-order valence-corrected chi connectivity index (χ2v) is 10.2. The van der Waals surface area contributed by atoms with Gasteiger partial charge in [-0.3, -0.25) is 4.79 Å². The number of carbonyl (C=O) groups excluding carboxylic acids is 1. The highest BCUT2D eigenvalue weighted by molar-refractivity contribution is 9.10. The van der Waals surface area contributed by atoms with Gasteiger partial charge in [-0.1, -0.05) is 34.1 Å². The van der Waals surface area contributed by atoms with Crippen molar-refractivity contribution in [1.82, 2.24) is 14.7 Å². The molecule has 2 aromatic carbocycles. The minimum Gasteiger partial charge on any atom is -0.361 e. The fourth-order valence-electron chi connectivity index (χ4n) is 3.62. The average Bonchev–Trinajstić information content (AvgIpc) is 3.18. The van der Waals surface area contributed by atoms with E-state index < -0.39 is 10.0 Å². The third-order valence-electron chi connectivity index (χ3n) is 5.31. The van der Waals surface area contributed by atoms with Crippen molar-refractivity contribution in [3.05, 3.63) is 64.8 Å². The van der Waals surface area contributed by atoms with Gasteiger partial charge in [-0.2, -0.15) is 9.41 Å². The van der Waals surface area contributed by atoms with Gasteiger partial charge in [0, 0.05) is 27.1 Å². The summed E-state index contributed by atoms with van der Waals surface area (Å²) in [5, 5.41) is 5.10. The lowest BCUT2D eigenvalue weighted by molar-refractivity contribution is -0.895. The fraction of sp³-hybridized carbons (Fsp3) is 0.238. The number of halogens is 1. The molecule has 0 spiro atoms. The first-order valence-corrected chi connectivity index (χ1v) is 12.1. The molecule has 10 heteroatoms. The molecule has 8 nitrogen and oxygen atoms in total. The minimum absolute atomic E-state index is 0.199. The highest BCUT2D eigenvalue weighted by Gasteiger charge is 2.31. The van der Waals surface area contributed by atoms with E-state index in [-0.39, 0.29) is 17.3 Å². The van der Waals surface area contributed by atoms with Crippen molar-refractivity contribution in [3.8, 4) is 0 Å². The van der Waals surface area contributed by atoms with Gasteiger partial charge in [-0.15, -0.1) is 0 Å². The maximum Gasteiger partial charge on any atom is 0.295 e. The molecule has 2 heterocycles. The van der Waals surface area contributed by atoms with E-state index in [1.807, 2.05) is 30.5 Å². The molecule has 1 amide bonds. The standard InChI is InChI=1S/C21H22BrN5O3S/c22-17-5-7-18(8-6-17)31(29,30)27-11-9-26(10-12-27)15-21(28)25-24-14-16-13-23-20-4-2-1-3-19(16)20/h1-8,13-14,23H,9-12,15H2,(H,25,28)/p+1/b24-14+. The Hall–Kier alpha value is -2.53. The second kappa shape index (κ2) is 9.31. The van der Waals surface area contributed by atoms with Gasteiger partial charge < -0.3 is 9.88 Å². The van der Waals surface area contributed by atoms with E-state index in [0.717, 1.165) is 25.8 Å². The summed E-state index contributed by atoms with van der Waals surface area (Å²) in [5.74, 6) is -0.199. The zero-order valence-corrected chi connectivity index (χ0v) is 19.1. The predicted molar refractivity (Wildman–Crippen MR) is 122 cm³/mol. The number of nitrogens with one attached hydrogen (secondary N) is 3. The van der Waals surface area contributed by atoms with E-state index in [9.17, 15) is 13.2 Å². The van der Waals surface area contributed by atoms with E-state index in [2.05, 4.69) is 31.4 Å². The number of rotatable bonds is 6.